The molecule has 1 aliphatic heterocycles. The van der Waals surface area contributed by atoms with E-state index in [2.05, 4.69) is 5.16 Å². The first kappa shape index (κ1) is 14.1. The Hall–Kier alpha value is -1.89. The minimum Gasteiger partial charge on any atom is -0.356 e. The van der Waals surface area contributed by atoms with E-state index in [0.29, 0.717) is 11.3 Å². The van der Waals surface area contributed by atoms with Crippen LogP contribution in [0, 0.1) is 0 Å². The van der Waals surface area contributed by atoms with Crippen molar-refractivity contribution >= 4 is 26.7 Å². The van der Waals surface area contributed by atoms with E-state index in [0.717, 1.165) is 5.39 Å². The van der Waals surface area contributed by atoms with Gasteiger partial charge in [-0.2, -0.15) is 0 Å². The van der Waals surface area contributed by atoms with E-state index in [4.69, 9.17) is 4.52 Å². The van der Waals surface area contributed by atoms with Crippen LogP contribution in [0.4, 0.5) is 0 Å². The second-order valence-electron chi connectivity index (χ2n) is 5.17. The average Bonchev–Trinajstić information content (AvgIpc) is 2.80. The third-order valence-electron chi connectivity index (χ3n) is 3.88. The maximum Gasteiger partial charge on any atom is 0.228 e. The van der Waals surface area contributed by atoms with E-state index in [1.54, 1.807) is 17.9 Å². The normalized spacial score (nSPS) is 16.1. The first-order chi connectivity index (χ1) is 10.0. The number of carbonyl (C=O) groups excluding carboxylic acids is 1. The third-order valence-corrected chi connectivity index (χ3v) is 6.00. The van der Waals surface area contributed by atoms with Crippen LogP contribution in [0.3, 0.4) is 0 Å². The zero-order chi connectivity index (χ0) is 15.0. The van der Waals surface area contributed by atoms with E-state index < -0.39 is 15.1 Å². The molecule has 1 saturated heterocycles. The molecule has 3 rings (SSSR count). The molecule has 1 aliphatic rings. The highest BCUT2D eigenvalue weighted by molar-refractivity contribution is 7.92. The molecule has 0 unspecified atom stereocenters. The van der Waals surface area contributed by atoms with Crippen molar-refractivity contribution in [3.63, 3.8) is 0 Å². The van der Waals surface area contributed by atoms with Gasteiger partial charge in [0.1, 0.15) is 5.69 Å². The van der Waals surface area contributed by atoms with Crippen LogP contribution in [0.25, 0.3) is 11.0 Å². The van der Waals surface area contributed by atoms with Crippen LogP contribution in [0.15, 0.2) is 28.8 Å². The highest BCUT2D eigenvalue weighted by atomic mass is 32.2. The van der Waals surface area contributed by atoms with Gasteiger partial charge in [-0.15, -0.1) is 0 Å². The van der Waals surface area contributed by atoms with Gasteiger partial charge in [0, 0.05) is 24.2 Å². The van der Waals surface area contributed by atoms with E-state index in [9.17, 15) is 13.2 Å². The summed E-state index contributed by atoms with van der Waals surface area (Å²) in [6, 6.07) is 7.36. The fourth-order valence-electron chi connectivity index (χ4n) is 2.43. The lowest BCUT2D eigenvalue weighted by molar-refractivity contribution is -0.133. The quantitative estimate of drug-likeness (QED) is 0.842. The maximum absolute atomic E-state index is 12.1. The molecule has 21 heavy (non-hydrogen) atoms. The van der Waals surface area contributed by atoms with E-state index in [1.807, 2.05) is 18.2 Å². The Balaban J connectivity index is 1.66. The van der Waals surface area contributed by atoms with E-state index >= 15 is 0 Å². The zero-order valence-electron chi connectivity index (χ0n) is 11.7. The summed E-state index contributed by atoms with van der Waals surface area (Å²) in [4.78, 5) is 13.7. The van der Waals surface area contributed by atoms with Crippen molar-refractivity contribution in [1.82, 2.24) is 10.1 Å². The maximum atomic E-state index is 12.1. The van der Waals surface area contributed by atoms with Crippen LogP contribution in [0.5, 0.6) is 0 Å². The number of carbonyl (C=O) groups is 1. The molecule has 0 radical (unpaired) electrons. The number of hydrogen-bond donors (Lipinski definition) is 0. The first-order valence-corrected chi connectivity index (χ1v) is 8.55. The van der Waals surface area contributed by atoms with Crippen LogP contribution in [-0.4, -0.2) is 48.5 Å². The second-order valence-corrected chi connectivity index (χ2v) is 7.74. The number of fused-ring (bicyclic) bond motifs is 1. The minimum atomic E-state index is -3.05. The molecular weight excluding hydrogens is 292 g/mol. The second kappa shape index (κ2) is 5.14. The van der Waals surface area contributed by atoms with Gasteiger partial charge in [0.2, 0.25) is 5.91 Å². The van der Waals surface area contributed by atoms with Gasteiger partial charge in [0.25, 0.3) is 0 Å². The molecule has 2 heterocycles. The van der Waals surface area contributed by atoms with Gasteiger partial charge < -0.3 is 9.42 Å². The summed E-state index contributed by atoms with van der Waals surface area (Å²) in [6.07, 6.45) is 0.135. The van der Waals surface area contributed by atoms with Crippen LogP contribution in [-0.2, 0) is 21.1 Å². The summed E-state index contributed by atoms with van der Waals surface area (Å²) in [5.74, 6) is 0.00442. The molecule has 0 saturated carbocycles. The molecule has 1 aromatic heterocycles. The summed E-state index contributed by atoms with van der Waals surface area (Å²) in [7, 11) is -3.05. The summed E-state index contributed by atoms with van der Waals surface area (Å²) >= 11 is 0. The Morgan fingerprint density at radius 1 is 1.38 bits per heavy atom. The summed E-state index contributed by atoms with van der Waals surface area (Å²) in [6.45, 7) is 2.19. The average molecular weight is 308 g/mol. The van der Waals surface area contributed by atoms with Gasteiger partial charge in [-0.3, -0.25) is 4.79 Å². The summed E-state index contributed by atoms with van der Waals surface area (Å²) in [5, 5.41) is 4.33. The molecule has 7 heteroatoms. The van der Waals surface area contributed by atoms with Gasteiger partial charge >= 0.3 is 0 Å². The minimum absolute atomic E-state index is 0.114. The number of amides is 1. The van der Waals surface area contributed by atoms with Crippen LogP contribution < -0.4 is 0 Å². The van der Waals surface area contributed by atoms with Crippen molar-refractivity contribution in [2.75, 3.05) is 18.8 Å². The Morgan fingerprint density at radius 2 is 2.10 bits per heavy atom. The van der Waals surface area contributed by atoms with Crippen molar-refractivity contribution in [2.45, 2.75) is 18.6 Å². The SMILES string of the molecule is CCS(=O)(=O)C1CN(C(=O)Cc2noc3ccccc23)C1. The number of rotatable bonds is 4. The number of aromatic nitrogens is 1. The molecule has 2 aromatic rings. The van der Waals surface area contributed by atoms with Crippen molar-refractivity contribution < 1.29 is 17.7 Å². The molecule has 0 atom stereocenters. The highest BCUT2D eigenvalue weighted by Gasteiger charge is 2.38. The highest BCUT2D eigenvalue weighted by Crippen LogP contribution is 2.21. The Labute approximate surface area is 122 Å². The predicted molar refractivity (Wildman–Crippen MR) is 77.5 cm³/mol. The van der Waals surface area contributed by atoms with E-state index in [1.165, 1.54) is 0 Å². The molecule has 0 bridgehead atoms. The molecule has 0 spiro atoms. The third kappa shape index (κ3) is 2.53. The van der Waals surface area contributed by atoms with Gasteiger partial charge in [-0.1, -0.05) is 24.2 Å². The molecule has 1 fully saturated rings. The van der Waals surface area contributed by atoms with Crippen molar-refractivity contribution in [3.05, 3.63) is 30.0 Å². The van der Waals surface area contributed by atoms with Gasteiger partial charge in [-0.25, -0.2) is 8.42 Å². The molecule has 0 N–H and O–H groups in total. The lowest BCUT2D eigenvalue weighted by Crippen LogP contribution is -2.57. The fourth-order valence-corrected chi connectivity index (χ4v) is 3.71. The zero-order valence-corrected chi connectivity index (χ0v) is 12.5. The number of hydrogen-bond acceptors (Lipinski definition) is 5. The number of para-hydroxylation sites is 1. The number of sulfone groups is 1. The van der Waals surface area contributed by atoms with Crippen molar-refractivity contribution in [1.29, 1.82) is 0 Å². The van der Waals surface area contributed by atoms with Crippen molar-refractivity contribution in [3.8, 4) is 0 Å². The molecule has 1 aromatic carbocycles. The Morgan fingerprint density at radius 3 is 2.81 bits per heavy atom. The van der Waals surface area contributed by atoms with Crippen molar-refractivity contribution in [2.24, 2.45) is 0 Å². The number of benzene rings is 1. The lowest BCUT2D eigenvalue weighted by atomic mass is 10.1. The van der Waals surface area contributed by atoms with Gasteiger partial charge in [0.15, 0.2) is 15.4 Å². The smallest absolute Gasteiger partial charge is 0.228 e. The van der Waals surface area contributed by atoms with Crippen LogP contribution in [0.1, 0.15) is 12.6 Å². The monoisotopic (exact) mass is 308 g/mol. The Kier molecular flexibility index (Phi) is 3.44. The molecule has 1 amide bonds. The molecular formula is C14H16N2O4S. The van der Waals surface area contributed by atoms with Crippen LogP contribution >= 0.6 is 0 Å². The van der Waals surface area contributed by atoms with E-state index in [-0.39, 0.29) is 31.2 Å². The van der Waals surface area contributed by atoms with Gasteiger partial charge in [-0.05, 0) is 12.1 Å². The molecule has 112 valence electrons. The van der Waals surface area contributed by atoms with Crippen LogP contribution in [0.2, 0.25) is 0 Å². The number of nitrogens with zero attached hydrogens (tertiary/aromatic N) is 2. The summed E-state index contributed by atoms with van der Waals surface area (Å²) < 4.78 is 28.5. The summed E-state index contributed by atoms with van der Waals surface area (Å²) in [5.41, 5.74) is 1.24. The molecule has 0 aliphatic carbocycles. The van der Waals surface area contributed by atoms with Gasteiger partial charge in [0.05, 0.1) is 11.7 Å². The standard InChI is InChI=1S/C14H16N2O4S/c1-2-21(18,19)10-8-16(9-10)14(17)7-12-11-5-3-4-6-13(11)20-15-12/h3-6,10H,2,7-9H2,1H3. The number of likely N-dealkylation sites (tertiary alicyclic amines) is 1. The first-order valence-electron chi connectivity index (χ1n) is 6.84. The lowest BCUT2D eigenvalue weighted by Gasteiger charge is -2.38. The fraction of sp³-hybridized carbons (Fsp3) is 0.429. The Bertz CT molecular complexity index is 775. The topological polar surface area (TPSA) is 80.5 Å². The predicted octanol–water partition coefficient (Wildman–Crippen LogP) is 1.02. The largest absolute Gasteiger partial charge is 0.356 e. The molecule has 6 nitrogen and oxygen atoms in total.